The van der Waals surface area contributed by atoms with E-state index in [0.717, 1.165) is 31.5 Å². The predicted octanol–water partition coefficient (Wildman–Crippen LogP) is 2.93. The Bertz CT molecular complexity index is 595. The lowest BCUT2D eigenvalue weighted by molar-refractivity contribution is 0.467. The monoisotopic (exact) mass is 254 g/mol. The van der Waals surface area contributed by atoms with Gasteiger partial charge in [-0.3, -0.25) is 0 Å². The second-order valence-electron chi connectivity index (χ2n) is 5.04. The van der Waals surface area contributed by atoms with Crippen molar-refractivity contribution in [2.75, 3.05) is 17.2 Å². The lowest BCUT2D eigenvalue weighted by atomic mass is 10.0. The molecule has 0 aliphatic carbocycles. The number of anilines is 2. The molecule has 0 aromatic heterocycles. The van der Waals surface area contributed by atoms with E-state index >= 15 is 0 Å². The van der Waals surface area contributed by atoms with Crippen LogP contribution in [0.4, 0.5) is 11.4 Å². The van der Waals surface area contributed by atoms with Crippen molar-refractivity contribution in [1.82, 2.24) is 0 Å². The van der Waals surface area contributed by atoms with Gasteiger partial charge in [0.1, 0.15) is 5.75 Å². The van der Waals surface area contributed by atoms with Gasteiger partial charge in [-0.25, -0.2) is 0 Å². The fraction of sp³-hybridized carbons (Fsp3) is 0.250. The summed E-state index contributed by atoms with van der Waals surface area (Å²) in [5, 5.41) is 9.96. The second kappa shape index (κ2) is 4.84. The standard InChI is InChI=1S/C16H18N2O/c17-14-8-7-13(16(19)10-14)11-18-9-3-5-12-4-1-2-6-15(12)18/h1-2,4,6-8,10,19H,3,5,9,11,17H2. The zero-order valence-corrected chi connectivity index (χ0v) is 10.8. The van der Waals surface area contributed by atoms with E-state index in [1.54, 1.807) is 6.07 Å². The highest BCUT2D eigenvalue weighted by molar-refractivity contribution is 5.57. The minimum absolute atomic E-state index is 0.281. The van der Waals surface area contributed by atoms with Gasteiger partial charge in [-0.05, 0) is 30.5 Å². The summed E-state index contributed by atoms with van der Waals surface area (Å²) < 4.78 is 0. The first-order valence-electron chi connectivity index (χ1n) is 6.64. The van der Waals surface area contributed by atoms with Gasteiger partial charge in [-0.1, -0.05) is 24.3 Å². The molecular formula is C16H18N2O. The Balaban J connectivity index is 1.88. The molecule has 2 aromatic carbocycles. The van der Waals surface area contributed by atoms with E-state index in [2.05, 4.69) is 29.2 Å². The number of aromatic hydroxyl groups is 1. The van der Waals surface area contributed by atoms with E-state index in [9.17, 15) is 5.11 Å². The highest BCUT2D eigenvalue weighted by Gasteiger charge is 2.17. The molecule has 0 unspecified atom stereocenters. The van der Waals surface area contributed by atoms with Crippen LogP contribution in [0.2, 0.25) is 0 Å². The molecule has 3 rings (SSSR count). The van der Waals surface area contributed by atoms with Crippen molar-refractivity contribution in [3.63, 3.8) is 0 Å². The Morgan fingerprint density at radius 3 is 2.84 bits per heavy atom. The topological polar surface area (TPSA) is 49.5 Å². The number of fused-ring (bicyclic) bond motifs is 1. The molecule has 0 saturated carbocycles. The van der Waals surface area contributed by atoms with Crippen molar-refractivity contribution in [2.24, 2.45) is 0 Å². The summed E-state index contributed by atoms with van der Waals surface area (Å²) in [5.41, 5.74) is 9.86. The van der Waals surface area contributed by atoms with Gasteiger partial charge in [-0.15, -0.1) is 0 Å². The Morgan fingerprint density at radius 2 is 2.00 bits per heavy atom. The van der Waals surface area contributed by atoms with E-state index < -0.39 is 0 Å². The van der Waals surface area contributed by atoms with Crippen molar-refractivity contribution in [2.45, 2.75) is 19.4 Å². The van der Waals surface area contributed by atoms with Gasteiger partial charge in [0.15, 0.2) is 0 Å². The van der Waals surface area contributed by atoms with Crippen molar-refractivity contribution >= 4 is 11.4 Å². The quantitative estimate of drug-likeness (QED) is 0.810. The van der Waals surface area contributed by atoms with Gasteiger partial charge in [0.2, 0.25) is 0 Å². The average Bonchev–Trinajstić information content (AvgIpc) is 2.42. The number of hydrogen-bond acceptors (Lipinski definition) is 3. The molecule has 0 amide bonds. The Kier molecular flexibility index (Phi) is 3.03. The number of phenols is 1. The number of phenolic OH excluding ortho intramolecular Hbond substituents is 1. The van der Waals surface area contributed by atoms with Gasteiger partial charge in [0.25, 0.3) is 0 Å². The fourth-order valence-electron chi connectivity index (χ4n) is 2.70. The third kappa shape index (κ3) is 2.36. The number of aryl methyl sites for hydroxylation is 1. The van der Waals surface area contributed by atoms with Gasteiger partial charge < -0.3 is 15.7 Å². The van der Waals surface area contributed by atoms with E-state index in [4.69, 9.17) is 5.73 Å². The molecule has 0 saturated heterocycles. The molecule has 3 N–H and O–H groups in total. The van der Waals surface area contributed by atoms with Gasteiger partial charge in [0.05, 0.1) is 0 Å². The number of nitrogens with zero attached hydrogens (tertiary/aromatic N) is 1. The van der Waals surface area contributed by atoms with E-state index in [1.165, 1.54) is 11.3 Å². The summed E-state index contributed by atoms with van der Waals surface area (Å²) >= 11 is 0. The average molecular weight is 254 g/mol. The van der Waals surface area contributed by atoms with Crippen molar-refractivity contribution < 1.29 is 5.11 Å². The van der Waals surface area contributed by atoms with Crippen LogP contribution >= 0.6 is 0 Å². The molecule has 0 atom stereocenters. The second-order valence-corrected chi connectivity index (χ2v) is 5.04. The predicted molar refractivity (Wildman–Crippen MR) is 78.3 cm³/mol. The molecule has 1 heterocycles. The fourth-order valence-corrected chi connectivity index (χ4v) is 2.70. The molecule has 2 aromatic rings. The van der Waals surface area contributed by atoms with Gasteiger partial charge in [-0.2, -0.15) is 0 Å². The van der Waals surface area contributed by atoms with Crippen molar-refractivity contribution in [3.05, 3.63) is 53.6 Å². The third-order valence-corrected chi connectivity index (χ3v) is 3.68. The van der Waals surface area contributed by atoms with Crippen LogP contribution in [0, 0.1) is 0 Å². The SMILES string of the molecule is Nc1ccc(CN2CCCc3ccccc32)c(O)c1. The Morgan fingerprint density at radius 1 is 1.16 bits per heavy atom. The molecule has 0 radical (unpaired) electrons. The number of rotatable bonds is 2. The smallest absolute Gasteiger partial charge is 0.122 e. The minimum Gasteiger partial charge on any atom is -0.508 e. The molecule has 0 bridgehead atoms. The number of nitrogens with two attached hydrogens (primary N) is 1. The van der Waals surface area contributed by atoms with Gasteiger partial charge >= 0.3 is 0 Å². The molecule has 0 fully saturated rings. The Hall–Kier alpha value is -2.16. The summed E-state index contributed by atoms with van der Waals surface area (Å²) in [5.74, 6) is 0.281. The summed E-state index contributed by atoms with van der Waals surface area (Å²) in [6, 6.07) is 13.9. The van der Waals surface area contributed by atoms with Crippen molar-refractivity contribution in [3.8, 4) is 5.75 Å². The van der Waals surface area contributed by atoms with Crippen LogP contribution in [0.15, 0.2) is 42.5 Å². The molecule has 19 heavy (non-hydrogen) atoms. The van der Waals surface area contributed by atoms with Crippen LogP contribution in [0.3, 0.4) is 0 Å². The molecule has 3 nitrogen and oxygen atoms in total. The Labute approximate surface area is 113 Å². The van der Waals surface area contributed by atoms with Crippen LogP contribution < -0.4 is 10.6 Å². The highest BCUT2D eigenvalue weighted by atomic mass is 16.3. The number of nitrogen functional groups attached to an aromatic ring is 1. The van der Waals surface area contributed by atoms with E-state index in [1.807, 2.05) is 12.1 Å². The number of hydrogen-bond donors (Lipinski definition) is 2. The van der Waals surface area contributed by atoms with E-state index in [0.29, 0.717) is 5.69 Å². The maximum Gasteiger partial charge on any atom is 0.122 e. The first-order valence-corrected chi connectivity index (χ1v) is 6.64. The maximum atomic E-state index is 9.96. The molecule has 98 valence electrons. The summed E-state index contributed by atoms with van der Waals surface area (Å²) in [4.78, 5) is 2.32. The van der Waals surface area contributed by atoms with Crippen LogP contribution in [0.1, 0.15) is 17.5 Å². The summed E-state index contributed by atoms with van der Waals surface area (Å²) in [6.07, 6.45) is 2.30. The molecule has 3 heteroatoms. The molecule has 0 spiro atoms. The summed E-state index contributed by atoms with van der Waals surface area (Å²) in [6.45, 7) is 1.75. The first kappa shape index (κ1) is 11.9. The minimum atomic E-state index is 0.281. The largest absolute Gasteiger partial charge is 0.508 e. The van der Waals surface area contributed by atoms with E-state index in [-0.39, 0.29) is 5.75 Å². The summed E-state index contributed by atoms with van der Waals surface area (Å²) in [7, 11) is 0. The maximum absolute atomic E-state index is 9.96. The highest BCUT2D eigenvalue weighted by Crippen LogP contribution is 2.30. The molecule has 1 aliphatic rings. The first-order chi connectivity index (χ1) is 9.24. The van der Waals surface area contributed by atoms with Gasteiger partial charge in [0, 0.05) is 36.1 Å². The lowest BCUT2D eigenvalue weighted by Gasteiger charge is -2.31. The third-order valence-electron chi connectivity index (χ3n) is 3.68. The normalized spacial score (nSPS) is 14.2. The molecule has 1 aliphatic heterocycles. The zero-order valence-electron chi connectivity index (χ0n) is 10.8. The van der Waals surface area contributed by atoms with Crippen LogP contribution in [-0.4, -0.2) is 11.7 Å². The molecular weight excluding hydrogens is 236 g/mol. The lowest BCUT2D eigenvalue weighted by Crippen LogP contribution is -2.28. The number of para-hydroxylation sites is 1. The van der Waals surface area contributed by atoms with Crippen LogP contribution in [-0.2, 0) is 13.0 Å². The number of benzene rings is 2. The zero-order chi connectivity index (χ0) is 13.2. The van der Waals surface area contributed by atoms with Crippen molar-refractivity contribution in [1.29, 1.82) is 0 Å². The van der Waals surface area contributed by atoms with Crippen LogP contribution in [0.25, 0.3) is 0 Å². The van der Waals surface area contributed by atoms with Crippen LogP contribution in [0.5, 0.6) is 5.75 Å².